The minimum Gasteiger partial charge on any atom is -0.321 e. The van der Waals surface area contributed by atoms with E-state index in [0.29, 0.717) is 11.7 Å². The Morgan fingerprint density at radius 3 is 2.62 bits per heavy atom. The van der Waals surface area contributed by atoms with Crippen LogP contribution in [-0.2, 0) is 6.54 Å². The minimum atomic E-state index is -0.178. The van der Waals surface area contributed by atoms with Crippen LogP contribution in [0, 0.1) is 6.92 Å². The maximum absolute atomic E-state index is 12.1. The van der Waals surface area contributed by atoms with Crippen LogP contribution in [0.4, 0.5) is 5.69 Å². The number of hydrogen-bond acceptors (Lipinski definition) is 3. The highest BCUT2D eigenvalue weighted by molar-refractivity contribution is 6.02. The van der Waals surface area contributed by atoms with Crippen molar-refractivity contribution in [3.8, 4) is 0 Å². The number of aromatic nitrogens is 1. The summed E-state index contributed by atoms with van der Waals surface area (Å²) in [5, 5.41) is 6.34. The third kappa shape index (κ3) is 3.89. The lowest BCUT2D eigenvalue weighted by atomic mass is 10.2. The Balaban J connectivity index is 1.60. The van der Waals surface area contributed by atoms with Crippen LogP contribution in [0.25, 0.3) is 0 Å². The van der Waals surface area contributed by atoms with Gasteiger partial charge in [0.15, 0.2) is 0 Å². The van der Waals surface area contributed by atoms with Gasteiger partial charge in [-0.1, -0.05) is 18.2 Å². The van der Waals surface area contributed by atoms with Crippen LogP contribution in [-0.4, -0.2) is 16.9 Å². The van der Waals surface area contributed by atoms with E-state index < -0.39 is 0 Å². The predicted octanol–water partition coefficient (Wildman–Crippen LogP) is 2.89. The Morgan fingerprint density at radius 2 is 1.95 bits per heavy atom. The molecular formula is C17H19N3O. The lowest BCUT2D eigenvalue weighted by Gasteiger charge is -2.07. The summed E-state index contributed by atoms with van der Waals surface area (Å²) in [7, 11) is 0. The van der Waals surface area contributed by atoms with Crippen molar-refractivity contribution >= 4 is 11.6 Å². The first kappa shape index (κ1) is 13.8. The molecule has 108 valence electrons. The molecule has 1 aromatic carbocycles. The number of benzene rings is 1. The molecule has 4 heteroatoms. The van der Waals surface area contributed by atoms with E-state index in [1.54, 1.807) is 6.07 Å². The van der Waals surface area contributed by atoms with Crippen molar-refractivity contribution in [2.75, 3.05) is 5.32 Å². The van der Waals surface area contributed by atoms with Crippen molar-refractivity contribution in [2.24, 2.45) is 0 Å². The molecule has 0 spiro atoms. The molecule has 0 saturated heterocycles. The second-order valence-corrected chi connectivity index (χ2v) is 5.47. The van der Waals surface area contributed by atoms with Gasteiger partial charge in [-0.2, -0.15) is 0 Å². The number of aryl methyl sites for hydroxylation is 1. The van der Waals surface area contributed by atoms with E-state index in [4.69, 9.17) is 0 Å². The van der Waals surface area contributed by atoms with E-state index in [-0.39, 0.29) is 5.91 Å². The van der Waals surface area contributed by atoms with Gasteiger partial charge in [0.25, 0.3) is 5.91 Å². The summed E-state index contributed by atoms with van der Waals surface area (Å²) in [5.41, 5.74) is 3.30. The lowest BCUT2D eigenvalue weighted by Crippen LogP contribution is -2.16. The van der Waals surface area contributed by atoms with Gasteiger partial charge in [0.1, 0.15) is 5.69 Å². The van der Waals surface area contributed by atoms with Gasteiger partial charge in [-0.15, -0.1) is 0 Å². The molecule has 1 fully saturated rings. The molecule has 1 amide bonds. The number of pyridine rings is 1. The van der Waals surface area contributed by atoms with Crippen LogP contribution in [0.15, 0.2) is 42.5 Å². The Bertz CT molecular complexity index is 633. The van der Waals surface area contributed by atoms with Gasteiger partial charge in [0.2, 0.25) is 0 Å². The van der Waals surface area contributed by atoms with Crippen molar-refractivity contribution in [3.63, 3.8) is 0 Å². The highest BCUT2D eigenvalue weighted by atomic mass is 16.1. The molecule has 21 heavy (non-hydrogen) atoms. The number of nitrogens with one attached hydrogen (secondary N) is 2. The fraction of sp³-hybridized carbons (Fsp3) is 0.294. The molecule has 1 aliphatic carbocycles. The van der Waals surface area contributed by atoms with Crippen molar-refractivity contribution < 1.29 is 4.79 Å². The van der Waals surface area contributed by atoms with Crippen molar-refractivity contribution in [1.82, 2.24) is 10.3 Å². The number of hydrogen-bond donors (Lipinski definition) is 2. The number of anilines is 1. The topological polar surface area (TPSA) is 54.0 Å². The van der Waals surface area contributed by atoms with E-state index in [0.717, 1.165) is 17.9 Å². The molecule has 1 aromatic heterocycles. The lowest BCUT2D eigenvalue weighted by molar-refractivity contribution is 0.102. The van der Waals surface area contributed by atoms with Gasteiger partial charge in [-0.3, -0.25) is 4.79 Å². The van der Waals surface area contributed by atoms with E-state index >= 15 is 0 Å². The second kappa shape index (κ2) is 6.06. The van der Waals surface area contributed by atoms with Crippen LogP contribution in [0.2, 0.25) is 0 Å². The van der Waals surface area contributed by atoms with Crippen molar-refractivity contribution in [2.45, 2.75) is 32.4 Å². The molecule has 0 radical (unpaired) electrons. The third-order valence-corrected chi connectivity index (χ3v) is 3.50. The fourth-order valence-electron chi connectivity index (χ4n) is 2.12. The Labute approximate surface area is 124 Å². The third-order valence-electron chi connectivity index (χ3n) is 3.50. The zero-order chi connectivity index (χ0) is 14.7. The molecule has 2 N–H and O–H groups in total. The van der Waals surface area contributed by atoms with Gasteiger partial charge in [0, 0.05) is 24.0 Å². The van der Waals surface area contributed by atoms with Crippen molar-refractivity contribution in [1.29, 1.82) is 0 Å². The molecule has 0 bridgehead atoms. The first-order chi connectivity index (χ1) is 10.2. The maximum Gasteiger partial charge on any atom is 0.274 e. The van der Waals surface area contributed by atoms with E-state index in [2.05, 4.69) is 15.6 Å². The van der Waals surface area contributed by atoms with E-state index in [1.807, 2.05) is 43.3 Å². The molecule has 2 aromatic rings. The smallest absolute Gasteiger partial charge is 0.274 e. The normalized spacial score (nSPS) is 14.0. The predicted molar refractivity (Wildman–Crippen MR) is 83.2 cm³/mol. The van der Waals surface area contributed by atoms with Crippen LogP contribution in [0.5, 0.6) is 0 Å². The largest absolute Gasteiger partial charge is 0.321 e. The SMILES string of the molecule is Cc1cccc(C(=O)Nc2ccc(CNC3CC3)cc2)n1. The van der Waals surface area contributed by atoms with E-state index in [1.165, 1.54) is 18.4 Å². The summed E-state index contributed by atoms with van der Waals surface area (Å²) in [6, 6.07) is 14.1. The average Bonchev–Trinajstić information content (AvgIpc) is 3.31. The molecule has 0 atom stereocenters. The van der Waals surface area contributed by atoms with Crippen LogP contribution in [0.1, 0.15) is 34.6 Å². The van der Waals surface area contributed by atoms with Crippen LogP contribution >= 0.6 is 0 Å². The second-order valence-electron chi connectivity index (χ2n) is 5.47. The molecule has 1 saturated carbocycles. The highest BCUT2D eigenvalue weighted by Crippen LogP contribution is 2.19. The maximum atomic E-state index is 12.1. The zero-order valence-electron chi connectivity index (χ0n) is 12.1. The molecule has 1 heterocycles. The summed E-state index contributed by atoms with van der Waals surface area (Å²) >= 11 is 0. The monoisotopic (exact) mass is 281 g/mol. The summed E-state index contributed by atoms with van der Waals surface area (Å²) in [6.45, 7) is 2.76. The summed E-state index contributed by atoms with van der Waals surface area (Å²) in [4.78, 5) is 16.3. The summed E-state index contributed by atoms with van der Waals surface area (Å²) in [6.07, 6.45) is 2.58. The molecule has 0 aliphatic heterocycles. The first-order valence-electron chi connectivity index (χ1n) is 7.28. The fourth-order valence-corrected chi connectivity index (χ4v) is 2.12. The average molecular weight is 281 g/mol. The number of nitrogens with zero attached hydrogens (tertiary/aromatic N) is 1. The molecule has 1 aliphatic rings. The Morgan fingerprint density at radius 1 is 1.19 bits per heavy atom. The van der Waals surface area contributed by atoms with Gasteiger partial charge < -0.3 is 10.6 Å². The van der Waals surface area contributed by atoms with Crippen molar-refractivity contribution in [3.05, 3.63) is 59.4 Å². The minimum absolute atomic E-state index is 0.178. The number of amides is 1. The summed E-state index contributed by atoms with van der Waals surface area (Å²) < 4.78 is 0. The van der Waals surface area contributed by atoms with E-state index in [9.17, 15) is 4.79 Å². The number of rotatable bonds is 5. The molecule has 4 nitrogen and oxygen atoms in total. The molecule has 3 rings (SSSR count). The zero-order valence-corrected chi connectivity index (χ0v) is 12.1. The molecule has 0 unspecified atom stereocenters. The molecular weight excluding hydrogens is 262 g/mol. The van der Waals surface area contributed by atoms with Gasteiger partial charge >= 0.3 is 0 Å². The number of carbonyl (C=O) groups is 1. The summed E-state index contributed by atoms with van der Waals surface area (Å²) in [5.74, 6) is -0.178. The Kier molecular flexibility index (Phi) is 3.97. The van der Waals surface area contributed by atoms with Crippen LogP contribution < -0.4 is 10.6 Å². The number of carbonyl (C=O) groups excluding carboxylic acids is 1. The Hall–Kier alpha value is -2.20. The van der Waals surface area contributed by atoms with Gasteiger partial charge in [0.05, 0.1) is 0 Å². The van der Waals surface area contributed by atoms with Gasteiger partial charge in [-0.05, 0) is 49.6 Å². The highest BCUT2D eigenvalue weighted by Gasteiger charge is 2.19. The quantitative estimate of drug-likeness (QED) is 0.886. The standard InChI is InChI=1S/C17H19N3O/c1-12-3-2-4-16(19-12)17(21)20-15-7-5-13(6-8-15)11-18-14-9-10-14/h2-8,14,18H,9-11H2,1H3,(H,20,21). The van der Waals surface area contributed by atoms with Gasteiger partial charge in [-0.25, -0.2) is 4.98 Å². The van der Waals surface area contributed by atoms with Crippen LogP contribution in [0.3, 0.4) is 0 Å². The first-order valence-corrected chi connectivity index (χ1v) is 7.28.